The molecule has 0 saturated heterocycles. The van der Waals surface area contributed by atoms with E-state index in [-0.39, 0.29) is 11.5 Å². The van der Waals surface area contributed by atoms with E-state index in [1.54, 1.807) is 6.92 Å². The van der Waals surface area contributed by atoms with Crippen molar-refractivity contribution in [2.24, 2.45) is 28.2 Å². The number of rotatable bonds is 2. The number of hydrogen-bond acceptors (Lipinski definition) is 3. The van der Waals surface area contributed by atoms with Gasteiger partial charge in [-0.1, -0.05) is 0 Å². The summed E-state index contributed by atoms with van der Waals surface area (Å²) in [5, 5.41) is 0. The van der Waals surface area contributed by atoms with Crippen LogP contribution in [0.1, 0.15) is 52.4 Å². The Morgan fingerprint density at radius 2 is 1.79 bits per heavy atom. The van der Waals surface area contributed by atoms with Gasteiger partial charge in [0.1, 0.15) is 5.84 Å². The van der Waals surface area contributed by atoms with Crippen molar-refractivity contribution in [3.8, 4) is 0 Å². The zero-order valence-corrected chi connectivity index (χ0v) is 14.2. The zero-order chi connectivity index (χ0) is 17.1. The Morgan fingerprint density at radius 3 is 2.33 bits per heavy atom. The third kappa shape index (κ3) is 2.47. The lowest BCUT2D eigenvalue weighted by molar-refractivity contribution is -0.0633. The minimum absolute atomic E-state index is 0.104. The number of aromatic amines is 1. The predicted octanol–water partition coefficient (Wildman–Crippen LogP) is 2.55. The van der Waals surface area contributed by atoms with Crippen LogP contribution in [0.15, 0.2) is 20.8 Å². The first-order valence-corrected chi connectivity index (χ1v) is 8.92. The van der Waals surface area contributed by atoms with Crippen molar-refractivity contribution in [1.29, 1.82) is 0 Å². The molecule has 0 spiro atoms. The molecule has 0 amide bonds. The Kier molecular flexibility index (Phi) is 3.55. The van der Waals surface area contributed by atoms with Crippen LogP contribution in [0.2, 0.25) is 0 Å². The van der Waals surface area contributed by atoms with Crippen molar-refractivity contribution in [3.63, 3.8) is 0 Å². The van der Waals surface area contributed by atoms with Crippen LogP contribution in [-0.4, -0.2) is 21.4 Å². The molecule has 4 saturated carbocycles. The molecular formula is C18H24FN3O2. The molecule has 4 aliphatic rings. The van der Waals surface area contributed by atoms with Gasteiger partial charge >= 0.3 is 5.69 Å². The van der Waals surface area contributed by atoms with E-state index in [0.717, 1.165) is 28.5 Å². The summed E-state index contributed by atoms with van der Waals surface area (Å²) in [4.78, 5) is 29.9. The molecule has 5 rings (SSSR count). The molecule has 1 aromatic rings. The summed E-state index contributed by atoms with van der Waals surface area (Å²) in [7, 11) is 0. The molecule has 1 heterocycles. The molecule has 1 unspecified atom stereocenters. The van der Waals surface area contributed by atoms with Crippen LogP contribution in [0.3, 0.4) is 0 Å². The van der Waals surface area contributed by atoms with Crippen molar-refractivity contribution in [1.82, 2.24) is 9.55 Å². The van der Waals surface area contributed by atoms with Crippen molar-refractivity contribution in [2.75, 3.05) is 0 Å². The largest absolute Gasteiger partial charge is 0.334 e. The molecule has 6 heteroatoms. The Hall–Kier alpha value is -1.72. The highest BCUT2D eigenvalue weighted by molar-refractivity contribution is 5.81. The quantitative estimate of drug-likeness (QED) is 0.667. The number of hydrogen-bond donors (Lipinski definition) is 1. The van der Waals surface area contributed by atoms with Gasteiger partial charge in [0.05, 0.1) is 12.2 Å². The maximum atomic E-state index is 13.5. The molecule has 4 fully saturated rings. The second kappa shape index (κ2) is 5.39. The summed E-state index contributed by atoms with van der Waals surface area (Å²) in [5.41, 5.74) is -1.39. The Balaban J connectivity index is 1.64. The van der Waals surface area contributed by atoms with Crippen LogP contribution in [-0.2, 0) is 0 Å². The lowest BCUT2D eigenvalue weighted by Crippen LogP contribution is -2.50. The molecule has 0 aliphatic heterocycles. The molecular weight excluding hydrogens is 309 g/mol. The Labute approximate surface area is 140 Å². The summed E-state index contributed by atoms with van der Waals surface area (Å²) in [6.07, 6.45) is 8.74. The molecule has 1 atom stereocenters. The third-order valence-electron chi connectivity index (χ3n) is 6.60. The van der Waals surface area contributed by atoms with Gasteiger partial charge in [-0.15, -0.1) is 0 Å². The standard InChI is InChI=1S/C18H24FN3O2/c1-10(18-6-12-3-13(7-18)5-14(4-12)8-18)20-11(2)22-9-15(19)16(23)21-17(22)24/h9-10,12-14H,3-8H2,1-2H3,(H,21,23,24). The van der Waals surface area contributed by atoms with Gasteiger partial charge in [-0.05, 0) is 75.5 Å². The number of aliphatic imine (C=N–C) groups is 1. The van der Waals surface area contributed by atoms with Crippen LogP contribution >= 0.6 is 0 Å². The second-order valence-corrected chi connectivity index (χ2v) is 8.24. The van der Waals surface area contributed by atoms with Crippen molar-refractivity contribution in [3.05, 3.63) is 32.9 Å². The van der Waals surface area contributed by atoms with Gasteiger partial charge in [-0.2, -0.15) is 4.39 Å². The van der Waals surface area contributed by atoms with E-state index in [1.807, 2.05) is 4.98 Å². The number of aromatic nitrogens is 2. The van der Waals surface area contributed by atoms with Crippen molar-refractivity contribution in [2.45, 2.75) is 58.4 Å². The maximum absolute atomic E-state index is 13.5. The van der Waals surface area contributed by atoms with E-state index < -0.39 is 17.1 Å². The van der Waals surface area contributed by atoms with E-state index in [2.05, 4.69) is 6.92 Å². The molecule has 24 heavy (non-hydrogen) atoms. The average Bonchev–Trinajstić information content (AvgIpc) is 2.49. The van der Waals surface area contributed by atoms with E-state index in [4.69, 9.17) is 4.99 Å². The first-order chi connectivity index (χ1) is 11.4. The molecule has 1 N–H and O–H groups in total. The summed E-state index contributed by atoms with van der Waals surface area (Å²) >= 11 is 0. The van der Waals surface area contributed by atoms with E-state index in [1.165, 1.54) is 38.5 Å². The lowest BCUT2D eigenvalue weighted by Gasteiger charge is -2.58. The topological polar surface area (TPSA) is 67.2 Å². The highest BCUT2D eigenvalue weighted by Gasteiger charge is 2.53. The van der Waals surface area contributed by atoms with Crippen molar-refractivity contribution < 1.29 is 4.39 Å². The smallest absolute Gasteiger partial charge is 0.271 e. The summed E-state index contributed by atoms with van der Waals surface area (Å²) in [5.74, 6) is 1.98. The fourth-order valence-electron chi connectivity index (χ4n) is 5.86. The summed E-state index contributed by atoms with van der Waals surface area (Å²) in [6.45, 7) is 3.83. The number of nitrogens with one attached hydrogen (secondary N) is 1. The molecule has 0 radical (unpaired) electrons. The van der Waals surface area contributed by atoms with Gasteiger partial charge in [0.25, 0.3) is 5.56 Å². The van der Waals surface area contributed by atoms with Gasteiger partial charge in [-0.25, -0.2) is 4.79 Å². The van der Waals surface area contributed by atoms with Crippen LogP contribution in [0, 0.1) is 29.0 Å². The van der Waals surface area contributed by atoms with Gasteiger partial charge in [0.2, 0.25) is 5.82 Å². The highest BCUT2D eigenvalue weighted by Crippen LogP contribution is 2.61. The fourth-order valence-corrected chi connectivity index (χ4v) is 5.86. The normalized spacial score (nSPS) is 36.1. The van der Waals surface area contributed by atoms with E-state index >= 15 is 0 Å². The van der Waals surface area contributed by atoms with Crippen LogP contribution in [0.4, 0.5) is 4.39 Å². The first kappa shape index (κ1) is 15.8. The average molecular weight is 333 g/mol. The Bertz CT molecular complexity index is 772. The number of halogens is 1. The van der Waals surface area contributed by atoms with Gasteiger partial charge < -0.3 is 0 Å². The minimum Gasteiger partial charge on any atom is -0.271 e. The molecule has 4 aliphatic carbocycles. The minimum atomic E-state index is -0.988. The van der Waals surface area contributed by atoms with Crippen molar-refractivity contribution >= 4 is 5.84 Å². The summed E-state index contributed by atoms with van der Waals surface area (Å²) in [6, 6.07) is 0.104. The fraction of sp³-hybridized carbons (Fsp3) is 0.722. The van der Waals surface area contributed by atoms with Gasteiger partial charge in [0.15, 0.2) is 0 Å². The van der Waals surface area contributed by atoms with Crippen LogP contribution in [0.5, 0.6) is 0 Å². The molecule has 1 aromatic heterocycles. The van der Waals surface area contributed by atoms with Gasteiger partial charge in [-0.3, -0.25) is 19.3 Å². The zero-order valence-electron chi connectivity index (χ0n) is 14.2. The Morgan fingerprint density at radius 1 is 1.25 bits per heavy atom. The number of nitrogens with zero attached hydrogens (tertiary/aromatic N) is 2. The van der Waals surface area contributed by atoms with E-state index in [0.29, 0.717) is 5.84 Å². The van der Waals surface area contributed by atoms with Crippen LogP contribution in [0.25, 0.3) is 0 Å². The lowest BCUT2D eigenvalue weighted by atomic mass is 9.48. The second-order valence-electron chi connectivity index (χ2n) is 8.24. The molecule has 130 valence electrons. The molecule has 5 nitrogen and oxygen atoms in total. The molecule has 0 aromatic carbocycles. The van der Waals surface area contributed by atoms with E-state index in [9.17, 15) is 14.0 Å². The maximum Gasteiger partial charge on any atom is 0.334 e. The summed E-state index contributed by atoms with van der Waals surface area (Å²) < 4.78 is 14.6. The SMILES string of the molecule is CC(=NC(C)C12CC3CC(CC(C3)C1)C2)n1cc(F)c(=O)[nH]c1=O. The third-order valence-corrected chi connectivity index (χ3v) is 6.60. The monoisotopic (exact) mass is 333 g/mol. The predicted molar refractivity (Wildman–Crippen MR) is 89.9 cm³/mol. The van der Waals surface area contributed by atoms with Crippen LogP contribution < -0.4 is 11.2 Å². The number of H-pyrrole nitrogens is 1. The highest BCUT2D eigenvalue weighted by atomic mass is 19.1. The molecule has 4 bridgehead atoms. The first-order valence-electron chi connectivity index (χ1n) is 8.92. The van der Waals surface area contributed by atoms with Gasteiger partial charge in [0, 0.05) is 0 Å².